The largest absolute Gasteiger partial charge is 0.445 e. The van der Waals surface area contributed by atoms with Crippen LogP contribution < -0.4 is 5.32 Å². The SMILES string of the molecule is O=C(N[C@@H]1COC[C@H]1F)OCc1ccccc1. The lowest BCUT2D eigenvalue weighted by Gasteiger charge is -2.13. The standard InChI is InChI=1S/C12H14FNO3/c13-10-7-16-8-11(10)14-12(15)17-6-9-4-2-1-3-5-9/h1-5,10-11H,6-8H2,(H,14,15)/t10-,11-/m1/s1. The average Bonchev–Trinajstić information content (AvgIpc) is 2.74. The molecule has 1 fully saturated rings. The maximum Gasteiger partial charge on any atom is 0.407 e. The minimum absolute atomic E-state index is 0.0314. The Hall–Kier alpha value is -1.62. The van der Waals surface area contributed by atoms with Crippen molar-refractivity contribution in [1.29, 1.82) is 0 Å². The first-order valence-corrected chi connectivity index (χ1v) is 5.45. The van der Waals surface area contributed by atoms with Gasteiger partial charge >= 0.3 is 6.09 Å². The van der Waals surface area contributed by atoms with Gasteiger partial charge in [-0.1, -0.05) is 30.3 Å². The maximum absolute atomic E-state index is 13.1. The zero-order valence-electron chi connectivity index (χ0n) is 9.27. The Balaban J connectivity index is 1.74. The highest BCUT2D eigenvalue weighted by molar-refractivity contribution is 5.67. The molecule has 17 heavy (non-hydrogen) atoms. The normalized spacial score (nSPS) is 23.4. The number of halogens is 1. The first-order chi connectivity index (χ1) is 8.25. The molecule has 2 rings (SSSR count). The molecule has 1 aromatic carbocycles. The van der Waals surface area contributed by atoms with Crippen LogP contribution in [0, 0.1) is 0 Å². The Morgan fingerprint density at radius 3 is 2.82 bits per heavy atom. The Morgan fingerprint density at radius 1 is 1.41 bits per heavy atom. The van der Waals surface area contributed by atoms with Crippen molar-refractivity contribution in [2.75, 3.05) is 13.2 Å². The number of nitrogens with one attached hydrogen (secondary N) is 1. The number of carbonyl (C=O) groups is 1. The van der Waals surface area contributed by atoms with Gasteiger partial charge in [0.2, 0.25) is 0 Å². The lowest BCUT2D eigenvalue weighted by molar-refractivity contribution is 0.130. The van der Waals surface area contributed by atoms with Crippen LogP contribution in [0.4, 0.5) is 9.18 Å². The third-order valence-corrected chi connectivity index (χ3v) is 2.53. The van der Waals surface area contributed by atoms with Gasteiger partial charge in [0.25, 0.3) is 0 Å². The van der Waals surface area contributed by atoms with Gasteiger partial charge in [-0.15, -0.1) is 0 Å². The summed E-state index contributed by atoms with van der Waals surface area (Å²) in [5.41, 5.74) is 0.891. The molecule has 2 atom stereocenters. The minimum atomic E-state index is -1.15. The molecule has 92 valence electrons. The fourth-order valence-electron chi connectivity index (χ4n) is 1.58. The van der Waals surface area contributed by atoms with E-state index in [1.165, 1.54) is 0 Å². The molecule has 1 aromatic rings. The summed E-state index contributed by atoms with van der Waals surface area (Å²) in [7, 11) is 0. The Labute approximate surface area is 98.7 Å². The number of amides is 1. The van der Waals surface area contributed by atoms with E-state index in [4.69, 9.17) is 9.47 Å². The Bertz CT molecular complexity index is 371. The molecule has 1 aliphatic heterocycles. The predicted molar refractivity (Wildman–Crippen MR) is 59.3 cm³/mol. The van der Waals surface area contributed by atoms with E-state index in [0.29, 0.717) is 0 Å². The van der Waals surface area contributed by atoms with E-state index in [9.17, 15) is 9.18 Å². The summed E-state index contributed by atoms with van der Waals surface area (Å²) in [5.74, 6) is 0. The van der Waals surface area contributed by atoms with E-state index >= 15 is 0 Å². The molecule has 0 aliphatic carbocycles. The lowest BCUT2D eigenvalue weighted by atomic mass is 10.2. The third kappa shape index (κ3) is 3.42. The predicted octanol–water partition coefficient (Wildman–Crippen LogP) is 1.65. The fraction of sp³-hybridized carbons (Fsp3) is 0.417. The van der Waals surface area contributed by atoms with Gasteiger partial charge in [0, 0.05) is 0 Å². The molecule has 0 radical (unpaired) electrons. The summed E-state index contributed by atoms with van der Waals surface area (Å²) in [4.78, 5) is 11.4. The highest BCUT2D eigenvalue weighted by Crippen LogP contribution is 2.09. The number of hydrogen-bond acceptors (Lipinski definition) is 3. The first-order valence-electron chi connectivity index (χ1n) is 5.45. The van der Waals surface area contributed by atoms with Crippen molar-refractivity contribution in [3.8, 4) is 0 Å². The number of benzene rings is 1. The average molecular weight is 239 g/mol. The molecule has 1 aliphatic rings. The van der Waals surface area contributed by atoms with E-state index < -0.39 is 18.3 Å². The highest BCUT2D eigenvalue weighted by atomic mass is 19.1. The maximum atomic E-state index is 13.1. The lowest BCUT2D eigenvalue weighted by Crippen LogP contribution is -2.41. The summed E-state index contributed by atoms with van der Waals surface area (Å²) in [6.07, 6.45) is -1.77. The van der Waals surface area contributed by atoms with Crippen LogP contribution in [-0.4, -0.2) is 31.5 Å². The van der Waals surface area contributed by atoms with E-state index in [0.717, 1.165) is 5.56 Å². The molecule has 0 aromatic heterocycles. The van der Waals surface area contributed by atoms with Crippen LogP contribution in [0.15, 0.2) is 30.3 Å². The smallest absolute Gasteiger partial charge is 0.407 e. The van der Waals surface area contributed by atoms with Gasteiger partial charge in [-0.05, 0) is 5.56 Å². The van der Waals surface area contributed by atoms with Gasteiger partial charge in [0.1, 0.15) is 12.8 Å². The number of ether oxygens (including phenoxy) is 2. The Morgan fingerprint density at radius 2 is 2.18 bits per heavy atom. The van der Waals surface area contributed by atoms with Crippen molar-refractivity contribution in [2.24, 2.45) is 0 Å². The van der Waals surface area contributed by atoms with Crippen LogP contribution in [-0.2, 0) is 16.1 Å². The van der Waals surface area contributed by atoms with Gasteiger partial charge in [0.15, 0.2) is 0 Å². The van der Waals surface area contributed by atoms with Gasteiger partial charge < -0.3 is 14.8 Å². The van der Waals surface area contributed by atoms with Crippen LogP contribution in [0.2, 0.25) is 0 Å². The van der Waals surface area contributed by atoms with Crippen LogP contribution in [0.5, 0.6) is 0 Å². The van der Waals surface area contributed by atoms with Crippen LogP contribution in [0.1, 0.15) is 5.56 Å². The number of alkyl carbamates (subject to hydrolysis) is 1. The molecule has 0 bridgehead atoms. The van der Waals surface area contributed by atoms with Gasteiger partial charge in [-0.25, -0.2) is 9.18 Å². The van der Waals surface area contributed by atoms with Crippen LogP contribution in [0.25, 0.3) is 0 Å². The van der Waals surface area contributed by atoms with Crippen molar-refractivity contribution >= 4 is 6.09 Å². The van der Waals surface area contributed by atoms with Gasteiger partial charge in [-0.2, -0.15) is 0 Å². The topological polar surface area (TPSA) is 47.6 Å². The van der Waals surface area contributed by atoms with Crippen molar-refractivity contribution in [1.82, 2.24) is 5.32 Å². The second-order valence-corrected chi connectivity index (χ2v) is 3.87. The fourth-order valence-corrected chi connectivity index (χ4v) is 1.58. The van der Waals surface area contributed by atoms with Crippen LogP contribution in [0.3, 0.4) is 0 Å². The van der Waals surface area contributed by atoms with Crippen molar-refractivity contribution in [2.45, 2.75) is 18.8 Å². The molecule has 5 heteroatoms. The molecular weight excluding hydrogens is 225 g/mol. The number of carbonyl (C=O) groups excluding carboxylic acids is 1. The van der Waals surface area contributed by atoms with E-state index in [2.05, 4.69) is 5.32 Å². The number of alkyl halides is 1. The molecule has 0 spiro atoms. The molecule has 1 N–H and O–H groups in total. The second-order valence-electron chi connectivity index (χ2n) is 3.87. The molecule has 1 heterocycles. The third-order valence-electron chi connectivity index (χ3n) is 2.53. The number of hydrogen-bond donors (Lipinski definition) is 1. The zero-order valence-corrected chi connectivity index (χ0v) is 9.27. The summed E-state index contributed by atoms with van der Waals surface area (Å²) in [5, 5.41) is 2.44. The van der Waals surface area contributed by atoms with E-state index in [1.807, 2.05) is 30.3 Å². The Kier molecular flexibility index (Phi) is 3.93. The van der Waals surface area contributed by atoms with E-state index in [1.54, 1.807) is 0 Å². The monoisotopic (exact) mass is 239 g/mol. The first kappa shape index (κ1) is 11.9. The summed E-state index contributed by atoms with van der Waals surface area (Å²) in [6, 6.07) is 8.71. The quantitative estimate of drug-likeness (QED) is 0.872. The van der Waals surface area contributed by atoms with E-state index in [-0.39, 0.29) is 19.8 Å². The zero-order chi connectivity index (χ0) is 12.1. The second kappa shape index (κ2) is 5.63. The highest BCUT2D eigenvalue weighted by Gasteiger charge is 2.29. The molecule has 1 saturated heterocycles. The summed E-state index contributed by atoms with van der Waals surface area (Å²) >= 11 is 0. The summed E-state index contributed by atoms with van der Waals surface area (Å²) < 4.78 is 23.0. The van der Waals surface area contributed by atoms with Gasteiger partial charge in [-0.3, -0.25) is 0 Å². The minimum Gasteiger partial charge on any atom is -0.445 e. The molecule has 0 unspecified atom stereocenters. The van der Waals surface area contributed by atoms with Crippen molar-refractivity contribution in [3.05, 3.63) is 35.9 Å². The van der Waals surface area contributed by atoms with Crippen molar-refractivity contribution in [3.63, 3.8) is 0 Å². The van der Waals surface area contributed by atoms with Crippen LogP contribution >= 0.6 is 0 Å². The molecule has 4 nitrogen and oxygen atoms in total. The molecule has 1 amide bonds. The van der Waals surface area contributed by atoms with Gasteiger partial charge in [0.05, 0.1) is 19.3 Å². The molecular formula is C12H14FNO3. The van der Waals surface area contributed by atoms with Crippen molar-refractivity contribution < 1.29 is 18.7 Å². The molecule has 0 saturated carbocycles. The summed E-state index contributed by atoms with van der Waals surface area (Å²) in [6.45, 7) is 0.405. The number of rotatable bonds is 3.